The first-order valence-electron chi connectivity index (χ1n) is 3.21. The molecular formula is C7H5Br4NO. The van der Waals surface area contributed by atoms with Crippen LogP contribution in [-0.4, -0.2) is 5.11 Å². The highest BCUT2D eigenvalue weighted by molar-refractivity contribution is 9.15. The van der Waals surface area contributed by atoms with Crippen LogP contribution in [0.4, 0.5) is 5.69 Å². The molecule has 0 saturated carbocycles. The highest BCUT2D eigenvalue weighted by atomic mass is 79.9. The van der Waals surface area contributed by atoms with E-state index in [1.54, 1.807) is 0 Å². The fourth-order valence-corrected chi connectivity index (χ4v) is 3.20. The van der Waals surface area contributed by atoms with Crippen LogP contribution in [0.5, 0.6) is 0 Å². The van der Waals surface area contributed by atoms with E-state index < -0.39 is 0 Å². The van der Waals surface area contributed by atoms with Gasteiger partial charge in [0, 0.05) is 19.0 Å². The number of hydrogen-bond acceptors (Lipinski definition) is 2. The number of aliphatic hydroxyl groups excluding tert-OH is 1. The van der Waals surface area contributed by atoms with Gasteiger partial charge < -0.3 is 10.8 Å². The van der Waals surface area contributed by atoms with Gasteiger partial charge in [-0.15, -0.1) is 0 Å². The summed E-state index contributed by atoms with van der Waals surface area (Å²) < 4.78 is 3.17. The number of halogens is 4. The standard InChI is InChI=1S/C7H5Br4NO/c8-3-2(1-13)7(12)6(11)5(10)4(3)9/h13H,1,12H2. The zero-order chi connectivity index (χ0) is 10.2. The van der Waals surface area contributed by atoms with E-state index in [1.807, 2.05) is 0 Å². The molecule has 0 unspecified atom stereocenters. The van der Waals surface area contributed by atoms with Crippen molar-refractivity contribution in [2.75, 3.05) is 5.73 Å². The average Bonchev–Trinajstić information content (AvgIpc) is 2.13. The lowest BCUT2D eigenvalue weighted by molar-refractivity contribution is 0.281. The summed E-state index contributed by atoms with van der Waals surface area (Å²) in [5, 5.41) is 9.07. The fraction of sp³-hybridized carbons (Fsp3) is 0.143. The zero-order valence-electron chi connectivity index (χ0n) is 6.24. The lowest BCUT2D eigenvalue weighted by atomic mass is 10.2. The number of hydrogen-bond donors (Lipinski definition) is 2. The topological polar surface area (TPSA) is 46.2 Å². The molecule has 0 aliphatic rings. The Labute approximate surface area is 109 Å². The van der Waals surface area contributed by atoms with Crippen LogP contribution in [0.15, 0.2) is 17.9 Å². The first kappa shape index (κ1) is 12.0. The van der Waals surface area contributed by atoms with Crippen molar-refractivity contribution in [3.8, 4) is 0 Å². The van der Waals surface area contributed by atoms with E-state index in [1.165, 1.54) is 0 Å². The maximum Gasteiger partial charge on any atom is 0.0713 e. The SMILES string of the molecule is Nc1c(Br)c(Br)c(Br)c(Br)c1CO. The number of rotatable bonds is 1. The maximum atomic E-state index is 9.07. The molecule has 2 nitrogen and oxygen atoms in total. The van der Waals surface area contributed by atoms with Gasteiger partial charge in [-0.3, -0.25) is 0 Å². The van der Waals surface area contributed by atoms with E-state index in [4.69, 9.17) is 10.8 Å². The average molecular weight is 439 g/mol. The predicted octanol–water partition coefficient (Wildman–Crippen LogP) is 3.81. The molecule has 72 valence electrons. The van der Waals surface area contributed by atoms with Gasteiger partial charge in [-0.05, 0) is 63.7 Å². The van der Waals surface area contributed by atoms with Crippen LogP contribution in [0.1, 0.15) is 5.56 Å². The van der Waals surface area contributed by atoms with Crippen LogP contribution >= 0.6 is 63.7 Å². The van der Waals surface area contributed by atoms with Crippen molar-refractivity contribution in [3.63, 3.8) is 0 Å². The van der Waals surface area contributed by atoms with E-state index in [0.717, 1.165) is 17.9 Å². The van der Waals surface area contributed by atoms with Crippen molar-refractivity contribution in [3.05, 3.63) is 23.5 Å². The summed E-state index contributed by atoms with van der Waals surface area (Å²) in [6, 6.07) is 0. The predicted molar refractivity (Wildman–Crippen MR) is 67.6 cm³/mol. The monoisotopic (exact) mass is 435 g/mol. The second kappa shape index (κ2) is 4.61. The highest BCUT2D eigenvalue weighted by Crippen LogP contribution is 2.43. The van der Waals surface area contributed by atoms with Crippen LogP contribution < -0.4 is 5.73 Å². The molecule has 0 bridgehead atoms. The molecule has 3 N–H and O–H groups in total. The summed E-state index contributed by atoms with van der Waals surface area (Å²) in [6.45, 7) is -0.100. The van der Waals surface area contributed by atoms with Crippen LogP contribution in [0.2, 0.25) is 0 Å². The molecule has 0 atom stereocenters. The third-order valence-corrected chi connectivity index (χ3v) is 6.44. The number of nitrogen functional groups attached to an aromatic ring is 1. The summed E-state index contributed by atoms with van der Waals surface area (Å²) in [6.07, 6.45) is 0. The summed E-state index contributed by atoms with van der Waals surface area (Å²) in [7, 11) is 0. The quantitative estimate of drug-likeness (QED) is 0.398. The van der Waals surface area contributed by atoms with Gasteiger partial charge >= 0.3 is 0 Å². The Hall–Kier alpha value is 0.900. The molecule has 0 amide bonds. The Kier molecular flexibility index (Phi) is 4.25. The first-order valence-corrected chi connectivity index (χ1v) is 6.39. The smallest absolute Gasteiger partial charge is 0.0713 e. The van der Waals surface area contributed by atoms with Crippen LogP contribution in [0.25, 0.3) is 0 Å². The molecule has 1 aromatic rings. The van der Waals surface area contributed by atoms with Crippen LogP contribution in [0.3, 0.4) is 0 Å². The molecule has 0 spiro atoms. The number of nitrogens with two attached hydrogens (primary N) is 1. The van der Waals surface area contributed by atoms with Gasteiger partial charge in [0.2, 0.25) is 0 Å². The first-order chi connectivity index (χ1) is 6.00. The minimum absolute atomic E-state index is 0.100. The number of aliphatic hydroxyl groups is 1. The van der Waals surface area contributed by atoms with E-state index in [-0.39, 0.29) is 6.61 Å². The third kappa shape index (κ3) is 2.12. The Balaban J connectivity index is 3.56. The van der Waals surface area contributed by atoms with Gasteiger partial charge in [-0.25, -0.2) is 0 Å². The molecule has 0 radical (unpaired) electrons. The normalized spacial score (nSPS) is 10.5. The summed E-state index contributed by atoms with van der Waals surface area (Å²) in [4.78, 5) is 0. The fourth-order valence-electron chi connectivity index (χ4n) is 0.849. The number of benzene rings is 1. The largest absolute Gasteiger partial charge is 0.397 e. The minimum Gasteiger partial charge on any atom is -0.397 e. The van der Waals surface area contributed by atoms with Gasteiger partial charge in [-0.2, -0.15) is 0 Å². The molecule has 13 heavy (non-hydrogen) atoms. The van der Waals surface area contributed by atoms with Crippen LogP contribution in [0, 0.1) is 0 Å². The van der Waals surface area contributed by atoms with Gasteiger partial charge in [0.05, 0.1) is 16.8 Å². The van der Waals surface area contributed by atoms with Gasteiger partial charge in [0.25, 0.3) is 0 Å². The summed E-state index contributed by atoms with van der Waals surface area (Å²) in [5.74, 6) is 0. The van der Waals surface area contributed by atoms with Gasteiger partial charge in [0.15, 0.2) is 0 Å². The lowest BCUT2D eigenvalue weighted by Gasteiger charge is -2.11. The molecule has 0 heterocycles. The molecular weight excluding hydrogens is 434 g/mol. The van der Waals surface area contributed by atoms with Crippen molar-refractivity contribution < 1.29 is 5.11 Å². The van der Waals surface area contributed by atoms with Crippen LogP contribution in [-0.2, 0) is 6.61 Å². The molecule has 1 rings (SSSR count). The minimum atomic E-state index is -0.100. The second-order valence-electron chi connectivity index (χ2n) is 2.31. The Morgan fingerprint density at radius 1 is 0.923 bits per heavy atom. The summed E-state index contributed by atoms with van der Waals surface area (Å²) in [5.41, 5.74) is 6.98. The van der Waals surface area contributed by atoms with Crippen molar-refractivity contribution in [2.45, 2.75) is 6.61 Å². The van der Waals surface area contributed by atoms with E-state index in [9.17, 15) is 0 Å². The summed E-state index contributed by atoms with van der Waals surface area (Å²) >= 11 is 13.4. The second-order valence-corrected chi connectivity index (χ2v) is 5.48. The van der Waals surface area contributed by atoms with Gasteiger partial charge in [-0.1, -0.05) is 0 Å². The molecule has 0 aliphatic carbocycles. The molecule has 0 aliphatic heterocycles. The van der Waals surface area contributed by atoms with Crippen molar-refractivity contribution in [1.29, 1.82) is 0 Å². The van der Waals surface area contributed by atoms with Crippen molar-refractivity contribution in [2.24, 2.45) is 0 Å². The van der Waals surface area contributed by atoms with Crippen molar-refractivity contribution >= 4 is 69.4 Å². The van der Waals surface area contributed by atoms with E-state index >= 15 is 0 Å². The Morgan fingerprint density at radius 3 is 1.85 bits per heavy atom. The number of anilines is 1. The molecule has 0 aromatic heterocycles. The van der Waals surface area contributed by atoms with Gasteiger partial charge in [0.1, 0.15) is 0 Å². The molecule has 6 heteroatoms. The highest BCUT2D eigenvalue weighted by Gasteiger charge is 2.15. The maximum absolute atomic E-state index is 9.07. The van der Waals surface area contributed by atoms with E-state index in [0.29, 0.717) is 11.3 Å². The molecule has 1 aromatic carbocycles. The third-order valence-electron chi connectivity index (χ3n) is 1.56. The molecule has 0 saturated heterocycles. The zero-order valence-corrected chi connectivity index (χ0v) is 12.6. The van der Waals surface area contributed by atoms with Crippen molar-refractivity contribution in [1.82, 2.24) is 0 Å². The lowest BCUT2D eigenvalue weighted by Crippen LogP contribution is -1.98. The molecule has 0 fully saturated rings. The Bertz CT molecular complexity index is 324. The van der Waals surface area contributed by atoms with E-state index in [2.05, 4.69) is 63.7 Å². The Morgan fingerprint density at radius 2 is 1.38 bits per heavy atom.